The first kappa shape index (κ1) is 24.5. The van der Waals surface area contributed by atoms with Crippen LogP contribution in [-0.2, 0) is 16.3 Å². The van der Waals surface area contributed by atoms with Gasteiger partial charge in [-0.2, -0.15) is 13.2 Å². The Labute approximate surface area is 188 Å². The Hall–Kier alpha value is -3.18. The van der Waals surface area contributed by atoms with Crippen molar-refractivity contribution in [3.05, 3.63) is 65.5 Å². The second-order valence-electron chi connectivity index (χ2n) is 7.64. The van der Waals surface area contributed by atoms with Crippen LogP contribution in [-0.4, -0.2) is 46.9 Å². The first-order chi connectivity index (χ1) is 15.3. The minimum absolute atomic E-state index is 0.0123. The van der Waals surface area contributed by atoms with Gasteiger partial charge in [0.05, 0.1) is 17.5 Å². The number of sulfone groups is 1. The SMILES string of the molecule is CCS(=O)(=O)c1cc2cc(C[C@](O)(/C=C(\C)c3ccccc3C(N)=O)C(F)(F)F)[nH]c2cn1. The molecule has 1 aromatic carbocycles. The highest BCUT2D eigenvalue weighted by Gasteiger charge is 2.52. The van der Waals surface area contributed by atoms with Crippen LogP contribution in [0.4, 0.5) is 13.2 Å². The lowest BCUT2D eigenvalue weighted by atomic mass is 9.90. The molecule has 33 heavy (non-hydrogen) atoms. The fourth-order valence-corrected chi connectivity index (χ4v) is 4.30. The molecule has 0 radical (unpaired) electrons. The molecule has 0 bridgehead atoms. The van der Waals surface area contributed by atoms with Crippen molar-refractivity contribution in [2.75, 3.05) is 5.75 Å². The molecule has 2 heterocycles. The molecule has 0 aliphatic heterocycles. The zero-order chi connectivity index (χ0) is 24.6. The molecule has 0 fully saturated rings. The van der Waals surface area contributed by atoms with Crippen molar-refractivity contribution in [1.82, 2.24) is 9.97 Å². The van der Waals surface area contributed by atoms with Gasteiger partial charge >= 0.3 is 6.18 Å². The van der Waals surface area contributed by atoms with Crippen LogP contribution in [0.2, 0.25) is 0 Å². The van der Waals surface area contributed by atoms with E-state index < -0.39 is 33.9 Å². The quantitative estimate of drug-likeness (QED) is 0.477. The van der Waals surface area contributed by atoms with Gasteiger partial charge in [-0.25, -0.2) is 13.4 Å². The second kappa shape index (κ2) is 8.64. The third-order valence-electron chi connectivity index (χ3n) is 5.26. The number of aromatic amines is 1. The molecule has 1 atom stereocenters. The van der Waals surface area contributed by atoms with Gasteiger partial charge in [-0.1, -0.05) is 25.1 Å². The minimum Gasteiger partial charge on any atom is -0.376 e. The van der Waals surface area contributed by atoms with E-state index in [0.29, 0.717) is 17.0 Å². The van der Waals surface area contributed by atoms with Crippen molar-refractivity contribution in [2.45, 2.75) is 37.1 Å². The summed E-state index contributed by atoms with van der Waals surface area (Å²) >= 11 is 0. The molecule has 0 aliphatic carbocycles. The van der Waals surface area contributed by atoms with Crippen LogP contribution in [0.3, 0.4) is 0 Å². The highest BCUT2D eigenvalue weighted by atomic mass is 32.2. The monoisotopic (exact) mass is 481 g/mol. The Kier molecular flexibility index (Phi) is 6.40. The average molecular weight is 481 g/mol. The Morgan fingerprint density at radius 2 is 1.85 bits per heavy atom. The number of nitrogens with one attached hydrogen (secondary N) is 1. The fourth-order valence-electron chi connectivity index (χ4n) is 3.49. The number of nitrogens with zero attached hydrogens (tertiary/aromatic N) is 1. The van der Waals surface area contributed by atoms with Crippen molar-refractivity contribution >= 4 is 32.2 Å². The van der Waals surface area contributed by atoms with Gasteiger partial charge in [0, 0.05) is 23.1 Å². The maximum Gasteiger partial charge on any atom is 0.421 e. The Bertz CT molecular complexity index is 1350. The summed E-state index contributed by atoms with van der Waals surface area (Å²) in [7, 11) is -3.60. The number of benzene rings is 1. The molecule has 0 spiro atoms. The number of allylic oxidation sites excluding steroid dienone is 1. The summed E-state index contributed by atoms with van der Waals surface area (Å²) in [6.07, 6.45) is -4.07. The van der Waals surface area contributed by atoms with Crippen LogP contribution in [0.15, 0.2) is 53.7 Å². The fraction of sp³-hybridized carbons (Fsp3) is 0.273. The number of nitrogens with two attached hydrogens (primary N) is 1. The smallest absolute Gasteiger partial charge is 0.376 e. The predicted octanol–water partition coefficient (Wildman–Crippen LogP) is 3.39. The van der Waals surface area contributed by atoms with E-state index >= 15 is 0 Å². The summed E-state index contributed by atoms with van der Waals surface area (Å²) in [5.41, 5.74) is 2.58. The number of primary amides is 1. The van der Waals surface area contributed by atoms with Gasteiger partial charge in [-0.15, -0.1) is 0 Å². The van der Waals surface area contributed by atoms with Crippen molar-refractivity contribution in [2.24, 2.45) is 5.73 Å². The highest BCUT2D eigenvalue weighted by molar-refractivity contribution is 7.91. The van der Waals surface area contributed by atoms with Crippen LogP contribution < -0.4 is 5.73 Å². The number of carbonyl (C=O) groups is 1. The molecule has 2 aromatic heterocycles. The molecule has 11 heteroatoms. The van der Waals surface area contributed by atoms with Crippen molar-refractivity contribution in [3.63, 3.8) is 0 Å². The van der Waals surface area contributed by atoms with Crippen LogP contribution in [0.25, 0.3) is 16.5 Å². The molecule has 4 N–H and O–H groups in total. The maximum atomic E-state index is 14.0. The molecule has 0 unspecified atom stereocenters. The van der Waals surface area contributed by atoms with Gasteiger partial charge in [0.1, 0.15) is 0 Å². The first-order valence-electron chi connectivity index (χ1n) is 9.85. The number of hydrogen-bond acceptors (Lipinski definition) is 5. The minimum atomic E-state index is -5.05. The molecule has 1 amide bonds. The van der Waals surface area contributed by atoms with Gasteiger partial charge < -0.3 is 15.8 Å². The van der Waals surface area contributed by atoms with Crippen molar-refractivity contribution < 1.29 is 31.5 Å². The number of fused-ring (bicyclic) bond motifs is 1. The van der Waals surface area contributed by atoms with E-state index in [1.165, 1.54) is 50.4 Å². The van der Waals surface area contributed by atoms with E-state index in [-0.39, 0.29) is 33.2 Å². The zero-order valence-electron chi connectivity index (χ0n) is 17.8. The number of pyridine rings is 1. The Morgan fingerprint density at radius 3 is 2.42 bits per heavy atom. The number of amides is 1. The van der Waals surface area contributed by atoms with E-state index in [2.05, 4.69) is 9.97 Å². The molecule has 7 nitrogen and oxygen atoms in total. The molecule has 0 aliphatic rings. The molecule has 0 saturated carbocycles. The topological polar surface area (TPSA) is 126 Å². The summed E-state index contributed by atoms with van der Waals surface area (Å²) < 4.78 is 65.9. The Balaban J connectivity index is 2.05. The molecule has 0 saturated heterocycles. The van der Waals surface area contributed by atoms with E-state index in [9.17, 15) is 31.5 Å². The lowest BCUT2D eigenvalue weighted by Gasteiger charge is -2.28. The highest BCUT2D eigenvalue weighted by Crippen LogP contribution is 2.37. The average Bonchev–Trinajstić information content (AvgIpc) is 3.13. The predicted molar refractivity (Wildman–Crippen MR) is 117 cm³/mol. The van der Waals surface area contributed by atoms with Gasteiger partial charge in [-0.3, -0.25) is 4.79 Å². The van der Waals surface area contributed by atoms with Gasteiger partial charge in [-0.05, 0) is 42.3 Å². The third-order valence-corrected chi connectivity index (χ3v) is 6.88. The zero-order valence-corrected chi connectivity index (χ0v) is 18.6. The number of hydrogen-bond donors (Lipinski definition) is 3. The van der Waals surface area contributed by atoms with E-state index in [0.717, 1.165) is 0 Å². The summed E-state index contributed by atoms with van der Waals surface area (Å²) in [6.45, 7) is 2.80. The molecular weight excluding hydrogens is 459 g/mol. The van der Waals surface area contributed by atoms with Crippen molar-refractivity contribution in [3.8, 4) is 0 Å². The van der Waals surface area contributed by atoms with E-state index in [4.69, 9.17) is 5.73 Å². The standard InChI is InChI=1S/C22H22F3N3O4S/c1-3-33(31,32)19-9-14-8-15(28-18(14)12-27-19)11-21(30,22(23,24)25)10-13(2)16-6-4-5-7-17(16)20(26)29/h4-10,12,28,30H,3,11H2,1-2H3,(H2,26,29)/b13-10+/t21-/m1/s1. The molecule has 3 aromatic rings. The number of alkyl halides is 3. The van der Waals surface area contributed by atoms with Crippen LogP contribution in [0.1, 0.15) is 35.5 Å². The number of halogens is 3. The van der Waals surface area contributed by atoms with Crippen LogP contribution in [0.5, 0.6) is 0 Å². The normalized spacial score (nSPS) is 14.9. The molecule has 176 valence electrons. The van der Waals surface area contributed by atoms with Crippen molar-refractivity contribution in [1.29, 1.82) is 0 Å². The van der Waals surface area contributed by atoms with Gasteiger partial charge in [0.2, 0.25) is 5.91 Å². The number of rotatable bonds is 7. The lowest BCUT2D eigenvalue weighted by Crippen LogP contribution is -2.45. The molecular formula is C22H22F3N3O4S. The van der Waals surface area contributed by atoms with Gasteiger partial charge in [0.15, 0.2) is 20.5 Å². The first-order valence-corrected chi connectivity index (χ1v) is 11.5. The summed E-state index contributed by atoms with van der Waals surface area (Å²) in [4.78, 5) is 18.3. The summed E-state index contributed by atoms with van der Waals surface area (Å²) in [6, 6.07) is 8.49. The lowest BCUT2D eigenvalue weighted by molar-refractivity contribution is -0.239. The number of aromatic nitrogens is 2. The van der Waals surface area contributed by atoms with Gasteiger partial charge in [0.25, 0.3) is 0 Å². The number of aliphatic hydroxyl groups is 1. The maximum absolute atomic E-state index is 14.0. The third kappa shape index (κ3) is 4.93. The molecule has 3 rings (SSSR count). The summed E-state index contributed by atoms with van der Waals surface area (Å²) in [5.74, 6) is -0.983. The van der Waals surface area contributed by atoms with E-state index in [1.807, 2.05) is 0 Å². The largest absolute Gasteiger partial charge is 0.421 e. The van der Waals surface area contributed by atoms with Crippen LogP contribution >= 0.6 is 0 Å². The summed E-state index contributed by atoms with van der Waals surface area (Å²) in [5, 5.41) is 10.8. The van der Waals surface area contributed by atoms with E-state index in [1.54, 1.807) is 6.07 Å². The number of H-pyrrole nitrogens is 1. The Morgan fingerprint density at radius 1 is 1.21 bits per heavy atom. The second-order valence-corrected chi connectivity index (χ2v) is 9.87. The number of carbonyl (C=O) groups excluding carboxylic acids is 1. The van der Waals surface area contributed by atoms with Crippen LogP contribution in [0, 0.1) is 0 Å².